The summed E-state index contributed by atoms with van der Waals surface area (Å²) in [6, 6.07) is 13.2. The first-order valence-corrected chi connectivity index (χ1v) is 9.54. The van der Waals surface area contributed by atoms with Crippen LogP contribution in [0.15, 0.2) is 54.9 Å². The van der Waals surface area contributed by atoms with E-state index >= 15 is 0 Å². The Bertz CT molecular complexity index is 1080. The van der Waals surface area contributed by atoms with Crippen molar-refractivity contribution in [1.82, 2.24) is 20.8 Å². The molecule has 31 heavy (non-hydrogen) atoms. The SMILES string of the molecule is Nc1c(NNC(=O)COc2ccc(Cl)cc2Cl)ncnc1NNC(=O)c1ccccc1. The summed E-state index contributed by atoms with van der Waals surface area (Å²) < 4.78 is 5.34. The lowest BCUT2D eigenvalue weighted by Gasteiger charge is -2.14. The minimum absolute atomic E-state index is 0.0674. The van der Waals surface area contributed by atoms with Gasteiger partial charge in [-0.1, -0.05) is 41.4 Å². The Morgan fingerprint density at radius 3 is 2.32 bits per heavy atom. The van der Waals surface area contributed by atoms with Crippen molar-refractivity contribution in [3.8, 4) is 5.75 Å². The molecule has 0 saturated carbocycles. The molecule has 6 N–H and O–H groups in total. The fourth-order valence-corrected chi connectivity index (χ4v) is 2.74. The van der Waals surface area contributed by atoms with Crippen LogP contribution < -0.4 is 32.2 Å². The number of nitrogen functional groups attached to an aromatic ring is 1. The van der Waals surface area contributed by atoms with Crippen molar-refractivity contribution in [1.29, 1.82) is 0 Å². The fraction of sp³-hybridized carbons (Fsp3) is 0.0526. The number of hydrogen-bond donors (Lipinski definition) is 5. The van der Waals surface area contributed by atoms with E-state index in [1.807, 2.05) is 0 Å². The van der Waals surface area contributed by atoms with E-state index in [0.29, 0.717) is 16.3 Å². The molecule has 2 amide bonds. The van der Waals surface area contributed by atoms with E-state index < -0.39 is 5.91 Å². The Morgan fingerprint density at radius 2 is 1.65 bits per heavy atom. The first-order chi connectivity index (χ1) is 14.9. The number of rotatable bonds is 8. The van der Waals surface area contributed by atoms with Gasteiger partial charge in [0.2, 0.25) is 0 Å². The average Bonchev–Trinajstić information content (AvgIpc) is 2.77. The molecule has 3 aromatic rings. The van der Waals surface area contributed by atoms with E-state index in [1.165, 1.54) is 12.4 Å². The van der Waals surface area contributed by atoms with Gasteiger partial charge in [-0.2, -0.15) is 0 Å². The molecule has 0 aliphatic heterocycles. The largest absolute Gasteiger partial charge is 0.482 e. The zero-order chi connectivity index (χ0) is 22.2. The molecule has 3 rings (SSSR count). The summed E-state index contributed by atoms with van der Waals surface area (Å²) in [5.41, 5.74) is 16.6. The summed E-state index contributed by atoms with van der Waals surface area (Å²) >= 11 is 11.8. The van der Waals surface area contributed by atoms with Crippen LogP contribution in [0.25, 0.3) is 0 Å². The Hall–Kier alpha value is -3.76. The maximum Gasteiger partial charge on any atom is 0.276 e. The molecule has 12 heteroatoms. The molecule has 0 saturated heterocycles. The van der Waals surface area contributed by atoms with Gasteiger partial charge in [0.05, 0.1) is 5.02 Å². The summed E-state index contributed by atoms with van der Waals surface area (Å²) in [6.45, 7) is -0.322. The minimum atomic E-state index is -0.518. The average molecular weight is 462 g/mol. The predicted octanol–water partition coefficient (Wildman–Crippen LogP) is 2.64. The zero-order valence-corrected chi connectivity index (χ0v) is 17.4. The molecular formula is C19H17Cl2N7O3. The summed E-state index contributed by atoms with van der Waals surface area (Å²) in [6.07, 6.45) is 1.20. The van der Waals surface area contributed by atoms with Gasteiger partial charge in [0.1, 0.15) is 17.8 Å². The van der Waals surface area contributed by atoms with Gasteiger partial charge in [-0.05, 0) is 30.3 Å². The van der Waals surface area contributed by atoms with E-state index in [4.69, 9.17) is 33.7 Å². The van der Waals surface area contributed by atoms with Gasteiger partial charge in [0.15, 0.2) is 18.2 Å². The van der Waals surface area contributed by atoms with Gasteiger partial charge in [-0.15, -0.1) is 0 Å². The van der Waals surface area contributed by atoms with Crippen LogP contribution in [0.4, 0.5) is 17.3 Å². The Morgan fingerprint density at radius 1 is 0.968 bits per heavy atom. The number of nitrogens with two attached hydrogens (primary N) is 1. The van der Waals surface area contributed by atoms with Crippen LogP contribution in [0.5, 0.6) is 5.75 Å². The maximum absolute atomic E-state index is 12.1. The highest BCUT2D eigenvalue weighted by Gasteiger charge is 2.12. The summed E-state index contributed by atoms with van der Waals surface area (Å²) in [7, 11) is 0. The third-order valence-corrected chi connectivity index (χ3v) is 4.32. The number of hydrazine groups is 2. The highest BCUT2D eigenvalue weighted by molar-refractivity contribution is 6.35. The first-order valence-electron chi connectivity index (χ1n) is 8.78. The molecule has 0 aliphatic carbocycles. The minimum Gasteiger partial charge on any atom is -0.482 e. The van der Waals surface area contributed by atoms with E-state index in [0.717, 1.165) is 0 Å². The highest BCUT2D eigenvalue weighted by atomic mass is 35.5. The Kier molecular flexibility index (Phi) is 7.31. The number of carbonyl (C=O) groups is 2. The van der Waals surface area contributed by atoms with Crippen LogP contribution in [0.2, 0.25) is 10.0 Å². The molecule has 0 spiro atoms. The lowest BCUT2D eigenvalue weighted by molar-refractivity contribution is -0.122. The van der Waals surface area contributed by atoms with Crippen LogP contribution in [0.1, 0.15) is 10.4 Å². The number of hydrogen-bond acceptors (Lipinski definition) is 8. The molecule has 10 nitrogen and oxygen atoms in total. The molecule has 2 aromatic carbocycles. The van der Waals surface area contributed by atoms with E-state index in [-0.39, 0.29) is 34.9 Å². The Balaban J connectivity index is 1.52. The fourth-order valence-electron chi connectivity index (χ4n) is 2.27. The van der Waals surface area contributed by atoms with Crippen molar-refractivity contribution in [2.45, 2.75) is 0 Å². The molecule has 0 unspecified atom stereocenters. The number of aromatic nitrogens is 2. The first kappa shape index (κ1) is 21.9. The second-order valence-corrected chi connectivity index (χ2v) is 6.81. The number of nitrogens with one attached hydrogen (secondary N) is 4. The van der Waals surface area contributed by atoms with Crippen LogP contribution in [0, 0.1) is 0 Å². The second kappa shape index (κ2) is 10.3. The van der Waals surface area contributed by atoms with Crippen molar-refractivity contribution in [3.05, 3.63) is 70.5 Å². The standard InChI is InChI=1S/C19H17Cl2N7O3/c20-12-6-7-14(13(21)8-12)31-9-15(29)25-26-17-16(22)18(24-10-23-17)27-28-19(30)11-4-2-1-3-5-11/h1-8,10H,9,22H2,(H,25,29)(H,28,30)(H2,23,24,26,27). The Labute approximate surface area is 187 Å². The molecule has 0 radical (unpaired) electrons. The number of carbonyl (C=O) groups excluding carboxylic acids is 2. The molecule has 0 bridgehead atoms. The maximum atomic E-state index is 12.1. The number of benzene rings is 2. The number of ether oxygens (including phenoxy) is 1. The number of amides is 2. The summed E-state index contributed by atoms with van der Waals surface area (Å²) in [5.74, 6) is -0.330. The van der Waals surface area contributed by atoms with Crippen molar-refractivity contribution < 1.29 is 14.3 Å². The van der Waals surface area contributed by atoms with Crippen molar-refractivity contribution >= 4 is 52.3 Å². The van der Waals surface area contributed by atoms with Crippen LogP contribution in [-0.2, 0) is 4.79 Å². The van der Waals surface area contributed by atoms with E-state index in [1.54, 1.807) is 42.5 Å². The van der Waals surface area contributed by atoms with Crippen LogP contribution >= 0.6 is 23.2 Å². The van der Waals surface area contributed by atoms with E-state index in [2.05, 4.69) is 31.7 Å². The van der Waals surface area contributed by atoms with Crippen molar-refractivity contribution in [2.24, 2.45) is 0 Å². The smallest absolute Gasteiger partial charge is 0.276 e. The highest BCUT2D eigenvalue weighted by Crippen LogP contribution is 2.27. The van der Waals surface area contributed by atoms with Crippen molar-refractivity contribution in [2.75, 3.05) is 23.2 Å². The summed E-state index contributed by atoms with van der Waals surface area (Å²) in [4.78, 5) is 32.0. The van der Waals surface area contributed by atoms with Crippen LogP contribution in [-0.4, -0.2) is 28.4 Å². The second-order valence-electron chi connectivity index (χ2n) is 5.97. The van der Waals surface area contributed by atoms with Gasteiger partial charge < -0.3 is 10.5 Å². The zero-order valence-electron chi connectivity index (χ0n) is 15.9. The third kappa shape index (κ3) is 6.11. The molecule has 0 fully saturated rings. The van der Waals surface area contributed by atoms with E-state index in [9.17, 15) is 9.59 Å². The normalized spacial score (nSPS) is 10.1. The molecule has 0 atom stereocenters. The monoisotopic (exact) mass is 461 g/mol. The lowest BCUT2D eigenvalue weighted by atomic mass is 10.2. The van der Waals surface area contributed by atoms with Crippen LogP contribution in [0.3, 0.4) is 0 Å². The van der Waals surface area contributed by atoms with Gasteiger partial charge in [-0.3, -0.25) is 31.3 Å². The third-order valence-electron chi connectivity index (χ3n) is 3.79. The van der Waals surface area contributed by atoms with Gasteiger partial charge in [-0.25, -0.2) is 9.97 Å². The van der Waals surface area contributed by atoms with Crippen molar-refractivity contribution in [3.63, 3.8) is 0 Å². The number of nitrogens with zero attached hydrogens (tertiary/aromatic N) is 2. The topological polar surface area (TPSA) is 143 Å². The number of halogens is 2. The molecule has 1 heterocycles. The molecule has 1 aromatic heterocycles. The lowest BCUT2D eigenvalue weighted by Crippen LogP contribution is -2.35. The molecule has 0 aliphatic rings. The molecular weight excluding hydrogens is 445 g/mol. The van der Waals surface area contributed by atoms with Gasteiger partial charge in [0, 0.05) is 10.6 Å². The number of anilines is 3. The van der Waals surface area contributed by atoms with Gasteiger partial charge in [0.25, 0.3) is 11.8 Å². The quantitative estimate of drug-likeness (QED) is 0.322. The van der Waals surface area contributed by atoms with Gasteiger partial charge >= 0.3 is 0 Å². The predicted molar refractivity (Wildman–Crippen MR) is 118 cm³/mol. The summed E-state index contributed by atoms with van der Waals surface area (Å²) in [5, 5.41) is 0.730. The molecule has 160 valence electrons.